The van der Waals surface area contributed by atoms with Crippen molar-refractivity contribution in [1.29, 1.82) is 0 Å². The van der Waals surface area contributed by atoms with Gasteiger partial charge in [-0.3, -0.25) is 9.78 Å². The molecular formula is C22H28N6O. The van der Waals surface area contributed by atoms with E-state index in [1.807, 2.05) is 22.8 Å². The molecule has 1 aliphatic carbocycles. The first-order valence-electron chi connectivity index (χ1n) is 10.3. The number of carbonyl (C=O) groups is 1. The fourth-order valence-corrected chi connectivity index (χ4v) is 3.90. The van der Waals surface area contributed by atoms with Gasteiger partial charge in [-0.15, -0.1) is 0 Å². The fraction of sp³-hybridized carbons (Fsp3) is 0.409. The Morgan fingerprint density at radius 1 is 1.17 bits per heavy atom. The van der Waals surface area contributed by atoms with E-state index in [2.05, 4.69) is 40.6 Å². The number of amides is 1. The number of hydrogen-bond donors (Lipinski definition) is 3. The summed E-state index contributed by atoms with van der Waals surface area (Å²) in [6.45, 7) is 4.13. The van der Waals surface area contributed by atoms with Gasteiger partial charge in [0.2, 0.25) is 0 Å². The topological polar surface area (TPSA) is 97.3 Å². The number of aromatic nitrogens is 3. The van der Waals surface area contributed by atoms with E-state index in [-0.39, 0.29) is 24.0 Å². The highest BCUT2D eigenvalue weighted by Gasteiger charge is 2.23. The standard InChI is InChI=1S/C22H28N6O/c1-14(2)26-21-19(22(29)27-18-5-3-17(23)4-6-18)12-25-28-13-16(11-20(21)28)15-7-9-24-10-8-15/h7-14,17-18,26H,3-6,23H2,1-2H3,(H,27,29). The predicted molar refractivity (Wildman–Crippen MR) is 115 cm³/mol. The molecule has 29 heavy (non-hydrogen) atoms. The number of nitrogens with one attached hydrogen (secondary N) is 2. The van der Waals surface area contributed by atoms with Crippen LogP contribution in [0, 0.1) is 0 Å². The third kappa shape index (κ3) is 4.24. The average molecular weight is 393 g/mol. The summed E-state index contributed by atoms with van der Waals surface area (Å²) in [6.07, 6.45) is 10.9. The van der Waals surface area contributed by atoms with Gasteiger partial charge in [-0.05, 0) is 63.3 Å². The second-order valence-corrected chi connectivity index (χ2v) is 8.11. The summed E-state index contributed by atoms with van der Waals surface area (Å²) in [5, 5.41) is 11.1. The Kier molecular flexibility index (Phi) is 5.49. The minimum atomic E-state index is -0.0877. The number of pyridine rings is 1. The van der Waals surface area contributed by atoms with Crippen LogP contribution in [0.4, 0.5) is 5.69 Å². The summed E-state index contributed by atoms with van der Waals surface area (Å²) >= 11 is 0. The molecule has 3 heterocycles. The van der Waals surface area contributed by atoms with Crippen LogP contribution >= 0.6 is 0 Å². The Hall–Kier alpha value is -2.93. The molecule has 7 heteroatoms. The van der Waals surface area contributed by atoms with Crippen molar-refractivity contribution in [2.45, 2.75) is 57.7 Å². The van der Waals surface area contributed by atoms with Crippen LogP contribution in [0.15, 0.2) is 43.0 Å². The van der Waals surface area contributed by atoms with Gasteiger partial charge in [0, 0.05) is 42.3 Å². The van der Waals surface area contributed by atoms with Gasteiger partial charge in [-0.2, -0.15) is 5.10 Å². The molecule has 1 saturated carbocycles. The first kappa shape index (κ1) is 19.4. The predicted octanol–water partition coefficient (Wildman–Crippen LogP) is 3.22. The summed E-state index contributed by atoms with van der Waals surface area (Å²) in [5.41, 5.74) is 10.3. The Bertz CT molecular complexity index is 989. The minimum absolute atomic E-state index is 0.0877. The Balaban J connectivity index is 1.68. The molecule has 4 rings (SSSR count). The third-order valence-corrected chi connectivity index (χ3v) is 5.44. The van der Waals surface area contributed by atoms with Gasteiger partial charge < -0.3 is 16.4 Å². The Morgan fingerprint density at radius 3 is 2.59 bits per heavy atom. The molecule has 7 nitrogen and oxygen atoms in total. The molecular weight excluding hydrogens is 364 g/mol. The maximum Gasteiger partial charge on any atom is 0.255 e. The van der Waals surface area contributed by atoms with Crippen molar-refractivity contribution in [3.8, 4) is 11.1 Å². The molecule has 1 aliphatic rings. The monoisotopic (exact) mass is 392 g/mol. The number of anilines is 1. The minimum Gasteiger partial charge on any atom is -0.380 e. The lowest BCUT2D eigenvalue weighted by molar-refractivity contribution is 0.0926. The van der Waals surface area contributed by atoms with Crippen LogP contribution in [0.3, 0.4) is 0 Å². The highest BCUT2D eigenvalue weighted by Crippen LogP contribution is 2.29. The van der Waals surface area contributed by atoms with Gasteiger partial charge in [0.15, 0.2) is 0 Å². The number of nitrogens with two attached hydrogens (primary N) is 1. The maximum absolute atomic E-state index is 13.1. The first-order valence-corrected chi connectivity index (χ1v) is 10.3. The zero-order chi connectivity index (χ0) is 20.4. The van der Waals surface area contributed by atoms with E-state index >= 15 is 0 Å². The molecule has 0 aromatic carbocycles. The van der Waals surface area contributed by atoms with Gasteiger partial charge in [-0.25, -0.2) is 4.52 Å². The van der Waals surface area contributed by atoms with Crippen LogP contribution < -0.4 is 16.4 Å². The fourth-order valence-electron chi connectivity index (χ4n) is 3.90. The molecule has 0 aliphatic heterocycles. The van der Waals surface area contributed by atoms with E-state index in [1.165, 1.54) is 0 Å². The van der Waals surface area contributed by atoms with Crippen molar-refractivity contribution >= 4 is 17.1 Å². The van der Waals surface area contributed by atoms with Crippen molar-refractivity contribution in [3.05, 3.63) is 48.5 Å². The van der Waals surface area contributed by atoms with E-state index in [0.29, 0.717) is 5.56 Å². The molecule has 0 unspecified atom stereocenters. The van der Waals surface area contributed by atoms with E-state index in [4.69, 9.17) is 5.73 Å². The lowest BCUT2D eigenvalue weighted by Gasteiger charge is -2.27. The molecule has 3 aromatic heterocycles. The van der Waals surface area contributed by atoms with Gasteiger partial charge in [0.25, 0.3) is 5.91 Å². The van der Waals surface area contributed by atoms with E-state index in [1.54, 1.807) is 18.6 Å². The first-order chi connectivity index (χ1) is 14.0. The molecule has 0 radical (unpaired) electrons. The van der Waals surface area contributed by atoms with Gasteiger partial charge in [0.1, 0.15) is 0 Å². The van der Waals surface area contributed by atoms with Crippen LogP contribution in [0.2, 0.25) is 0 Å². The number of fused-ring (bicyclic) bond motifs is 1. The Morgan fingerprint density at radius 2 is 1.90 bits per heavy atom. The maximum atomic E-state index is 13.1. The van der Waals surface area contributed by atoms with Gasteiger partial charge >= 0.3 is 0 Å². The molecule has 152 valence electrons. The third-order valence-electron chi connectivity index (χ3n) is 5.44. The highest BCUT2D eigenvalue weighted by atomic mass is 16.1. The number of hydrogen-bond acceptors (Lipinski definition) is 5. The van der Waals surface area contributed by atoms with Crippen molar-refractivity contribution in [2.75, 3.05) is 5.32 Å². The molecule has 1 amide bonds. The molecule has 3 aromatic rings. The summed E-state index contributed by atoms with van der Waals surface area (Å²) < 4.78 is 1.82. The summed E-state index contributed by atoms with van der Waals surface area (Å²) in [6, 6.07) is 6.59. The van der Waals surface area contributed by atoms with Crippen LogP contribution in [0.25, 0.3) is 16.6 Å². The average Bonchev–Trinajstić information content (AvgIpc) is 3.15. The van der Waals surface area contributed by atoms with Crippen LogP contribution in [0.1, 0.15) is 49.9 Å². The van der Waals surface area contributed by atoms with E-state index < -0.39 is 0 Å². The van der Waals surface area contributed by atoms with E-state index in [9.17, 15) is 4.79 Å². The molecule has 1 fully saturated rings. The molecule has 0 bridgehead atoms. The number of rotatable bonds is 5. The lowest BCUT2D eigenvalue weighted by Crippen LogP contribution is -2.40. The van der Waals surface area contributed by atoms with Crippen LogP contribution in [-0.4, -0.2) is 38.6 Å². The quantitative estimate of drug-likeness (QED) is 0.619. The van der Waals surface area contributed by atoms with Gasteiger partial charge in [0.05, 0.1) is 23.0 Å². The largest absolute Gasteiger partial charge is 0.380 e. The molecule has 0 atom stereocenters. The number of nitrogens with zero attached hydrogens (tertiary/aromatic N) is 3. The van der Waals surface area contributed by atoms with Crippen molar-refractivity contribution in [3.63, 3.8) is 0 Å². The highest BCUT2D eigenvalue weighted by molar-refractivity contribution is 6.03. The summed E-state index contributed by atoms with van der Waals surface area (Å²) in [5.74, 6) is -0.0877. The van der Waals surface area contributed by atoms with Crippen LogP contribution in [0.5, 0.6) is 0 Å². The second-order valence-electron chi connectivity index (χ2n) is 8.11. The van der Waals surface area contributed by atoms with Crippen molar-refractivity contribution in [2.24, 2.45) is 5.73 Å². The molecule has 0 spiro atoms. The normalized spacial score (nSPS) is 19.4. The zero-order valence-electron chi connectivity index (χ0n) is 16.9. The smallest absolute Gasteiger partial charge is 0.255 e. The van der Waals surface area contributed by atoms with Crippen LogP contribution in [-0.2, 0) is 0 Å². The Labute approximate surface area is 170 Å². The van der Waals surface area contributed by atoms with Gasteiger partial charge in [-0.1, -0.05) is 0 Å². The SMILES string of the molecule is CC(C)Nc1c(C(=O)NC2CCC(N)CC2)cnn2cc(-c3ccncc3)cc12. The summed E-state index contributed by atoms with van der Waals surface area (Å²) in [7, 11) is 0. The second kappa shape index (κ2) is 8.21. The van der Waals surface area contributed by atoms with E-state index in [0.717, 1.165) is 48.0 Å². The van der Waals surface area contributed by atoms with Crippen molar-refractivity contribution in [1.82, 2.24) is 19.9 Å². The molecule has 0 saturated heterocycles. The summed E-state index contributed by atoms with van der Waals surface area (Å²) in [4.78, 5) is 17.2. The lowest BCUT2D eigenvalue weighted by atomic mass is 9.91. The molecule has 4 N–H and O–H groups in total. The number of carbonyl (C=O) groups excluding carboxylic acids is 1. The zero-order valence-corrected chi connectivity index (χ0v) is 16.9. The van der Waals surface area contributed by atoms with Crippen molar-refractivity contribution < 1.29 is 4.79 Å².